The van der Waals surface area contributed by atoms with Gasteiger partial charge in [-0.05, 0) is 45.0 Å². The van der Waals surface area contributed by atoms with E-state index < -0.39 is 4.92 Å². The molecule has 3 aromatic rings. The highest BCUT2D eigenvalue weighted by atomic mass is 32.2. The Hall–Kier alpha value is -3.53. The molecule has 0 radical (unpaired) electrons. The van der Waals surface area contributed by atoms with Crippen LogP contribution >= 0.6 is 11.8 Å². The van der Waals surface area contributed by atoms with Gasteiger partial charge in [-0.1, -0.05) is 0 Å². The SMILES string of the molecule is CCOc1cc([N+](=O)[O-])c(OCC)cc1NC(=O)CSc1cc(C)nc2ccc(OC)cc12. The smallest absolute Gasteiger partial charge is 0.314 e. The molecule has 0 bridgehead atoms. The number of carbonyl (C=O) groups excluding carboxylic acids is 1. The number of rotatable bonds is 10. The molecule has 0 aliphatic rings. The number of hydrogen-bond donors (Lipinski definition) is 1. The summed E-state index contributed by atoms with van der Waals surface area (Å²) >= 11 is 1.36. The van der Waals surface area contributed by atoms with Crippen LogP contribution in [0.2, 0.25) is 0 Å². The molecule has 0 fully saturated rings. The van der Waals surface area contributed by atoms with E-state index in [4.69, 9.17) is 14.2 Å². The highest BCUT2D eigenvalue weighted by molar-refractivity contribution is 8.00. The van der Waals surface area contributed by atoms with Crippen LogP contribution in [0.3, 0.4) is 0 Å². The number of ether oxygens (including phenoxy) is 3. The summed E-state index contributed by atoms with van der Waals surface area (Å²) in [5.41, 5.74) is 1.74. The molecular weight excluding hydrogens is 446 g/mol. The first-order valence-corrected chi connectivity index (χ1v) is 11.3. The number of nitro benzene ring substituents is 1. The molecule has 0 aliphatic heterocycles. The number of amides is 1. The van der Waals surface area contributed by atoms with Crippen molar-refractivity contribution in [2.75, 3.05) is 31.4 Å². The third kappa shape index (κ3) is 5.83. The van der Waals surface area contributed by atoms with Crippen LogP contribution in [0.1, 0.15) is 19.5 Å². The summed E-state index contributed by atoms with van der Waals surface area (Å²) in [6.07, 6.45) is 0. The molecule has 3 rings (SSSR count). The molecule has 0 unspecified atom stereocenters. The normalized spacial score (nSPS) is 10.7. The minimum absolute atomic E-state index is 0.0664. The third-order valence-corrected chi connectivity index (χ3v) is 5.65. The molecule has 33 heavy (non-hydrogen) atoms. The molecule has 1 N–H and O–H groups in total. The van der Waals surface area contributed by atoms with Crippen LogP contribution in [0.4, 0.5) is 11.4 Å². The first-order valence-electron chi connectivity index (χ1n) is 10.3. The molecule has 0 spiro atoms. The van der Waals surface area contributed by atoms with Gasteiger partial charge in [-0.3, -0.25) is 19.9 Å². The van der Waals surface area contributed by atoms with Crippen molar-refractivity contribution in [1.82, 2.24) is 4.98 Å². The number of aromatic nitrogens is 1. The van der Waals surface area contributed by atoms with Gasteiger partial charge in [0.2, 0.25) is 5.91 Å². The van der Waals surface area contributed by atoms with E-state index in [2.05, 4.69) is 10.3 Å². The maximum Gasteiger partial charge on any atom is 0.314 e. The van der Waals surface area contributed by atoms with Gasteiger partial charge < -0.3 is 19.5 Å². The van der Waals surface area contributed by atoms with Crippen molar-refractivity contribution in [3.8, 4) is 17.2 Å². The number of hydrogen-bond acceptors (Lipinski definition) is 8. The van der Waals surface area contributed by atoms with Gasteiger partial charge >= 0.3 is 5.69 Å². The summed E-state index contributed by atoms with van der Waals surface area (Å²) in [6.45, 7) is 5.91. The molecule has 1 heterocycles. The highest BCUT2D eigenvalue weighted by Crippen LogP contribution is 2.38. The maximum absolute atomic E-state index is 12.8. The number of aryl methyl sites for hydroxylation is 1. The molecule has 2 aromatic carbocycles. The van der Waals surface area contributed by atoms with E-state index in [1.165, 1.54) is 23.9 Å². The van der Waals surface area contributed by atoms with E-state index in [9.17, 15) is 14.9 Å². The summed E-state index contributed by atoms with van der Waals surface area (Å²) in [5, 5.41) is 15.1. The first kappa shape index (κ1) is 24.1. The standard InChI is InChI=1S/C23H25N3O6S/c1-5-31-20-12-19(26(28)29)21(32-6-2)11-18(20)25-23(27)13-33-22-9-14(3)24-17-8-7-15(30-4)10-16(17)22/h7-12H,5-6,13H2,1-4H3,(H,25,27). The Labute approximate surface area is 195 Å². The number of anilines is 1. The number of pyridine rings is 1. The fraction of sp³-hybridized carbons (Fsp3) is 0.304. The van der Waals surface area contributed by atoms with Crippen LogP contribution in [-0.2, 0) is 4.79 Å². The van der Waals surface area contributed by atoms with Gasteiger partial charge in [0.25, 0.3) is 0 Å². The minimum atomic E-state index is -0.542. The van der Waals surface area contributed by atoms with E-state index in [1.807, 2.05) is 31.2 Å². The number of carbonyl (C=O) groups is 1. The van der Waals surface area contributed by atoms with Gasteiger partial charge in [0.15, 0.2) is 5.75 Å². The lowest BCUT2D eigenvalue weighted by molar-refractivity contribution is -0.385. The molecule has 0 saturated carbocycles. The van der Waals surface area contributed by atoms with Gasteiger partial charge in [-0.25, -0.2) is 0 Å². The Bertz CT molecular complexity index is 1180. The molecule has 0 aliphatic carbocycles. The Balaban J connectivity index is 1.84. The average molecular weight is 472 g/mol. The van der Waals surface area contributed by atoms with Gasteiger partial charge in [0.05, 0.1) is 48.3 Å². The Morgan fingerprint density at radius 3 is 2.52 bits per heavy atom. The molecule has 0 atom stereocenters. The highest BCUT2D eigenvalue weighted by Gasteiger charge is 2.21. The molecular formula is C23H25N3O6S. The molecule has 1 amide bonds. The lowest BCUT2D eigenvalue weighted by atomic mass is 10.2. The maximum atomic E-state index is 12.8. The average Bonchev–Trinajstić information content (AvgIpc) is 2.78. The lowest BCUT2D eigenvalue weighted by Gasteiger charge is -2.14. The lowest BCUT2D eigenvalue weighted by Crippen LogP contribution is -2.15. The van der Waals surface area contributed by atoms with Crippen molar-refractivity contribution in [2.24, 2.45) is 0 Å². The molecule has 1 aromatic heterocycles. The number of nitrogens with zero attached hydrogens (tertiary/aromatic N) is 2. The van der Waals surface area contributed by atoms with Crippen LogP contribution in [0.5, 0.6) is 17.2 Å². The second-order valence-corrected chi connectivity index (χ2v) is 7.94. The summed E-state index contributed by atoms with van der Waals surface area (Å²) in [4.78, 5) is 29.1. The minimum Gasteiger partial charge on any atom is -0.497 e. The quantitative estimate of drug-likeness (QED) is 0.250. The zero-order valence-electron chi connectivity index (χ0n) is 18.8. The summed E-state index contributed by atoms with van der Waals surface area (Å²) < 4.78 is 16.2. The third-order valence-electron chi connectivity index (χ3n) is 4.60. The summed E-state index contributed by atoms with van der Waals surface area (Å²) in [7, 11) is 1.60. The van der Waals surface area contributed by atoms with Gasteiger partial charge in [0, 0.05) is 22.0 Å². The monoisotopic (exact) mass is 471 g/mol. The van der Waals surface area contributed by atoms with E-state index in [-0.39, 0.29) is 42.1 Å². The van der Waals surface area contributed by atoms with Gasteiger partial charge in [-0.15, -0.1) is 11.8 Å². The number of thioether (sulfide) groups is 1. The number of fused-ring (bicyclic) bond motifs is 1. The van der Waals surface area contributed by atoms with E-state index in [0.717, 1.165) is 21.5 Å². The zero-order valence-corrected chi connectivity index (χ0v) is 19.7. The molecule has 10 heteroatoms. The predicted molar refractivity (Wildman–Crippen MR) is 128 cm³/mol. The first-order chi connectivity index (χ1) is 15.9. The number of nitro groups is 1. The largest absolute Gasteiger partial charge is 0.497 e. The Morgan fingerprint density at radius 1 is 1.12 bits per heavy atom. The van der Waals surface area contributed by atoms with Crippen LogP contribution < -0.4 is 19.5 Å². The van der Waals surface area contributed by atoms with Crippen LogP contribution in [0.25, 0.3) is 10.9 Å². The molecule has 174 valence electrons. The van der Waals surface area contributed by atoms with Crippen molar-refractivity contribution in [3.05, 3.63) is 52.2 Å². The number of benzene rings is 2. The fourth-order valence-electron chi connectivity index (χ4n) is 3.21. The van der Waals surface area contributed by atoms with E-state index in [1.54, 1.807) is 21.0 Å². The van der Waals surface area contributed by atoms with Crippen molar-refractivity contribution >= 4 is 39.9 Å². The zero-order chi connectivity index (χ0) is 24.0. The topological polar surface area (TPSA) is 113 Å². The van der Waals surface area contributed by atoms with Crippen LogP contribution in [0, 0.1) is 17.0 Å². The summed E-state index contributed by atoms with van der Waals surface area (Å²) in [5.74, 6) is 0.804. The second-order valence-electron chi connectivity index (χ2n) is 6.92. The van der Waals surface area contributed by atoms with Gasteiger partial charge in [0.1, 0.15) is 11.5 Å². The molecule has 9 nitrogen and oxygen atoms in total. The van der Waals surface area contributed by atoms with Crippen LogP contribution in [-0.4, -0.2) is 41.9 Å². The predicted octanol–water partition coefficient (Wildman–Crippen LogP) is 4.99. The number of nitrogens with one attached hydrogen (secondary N) is 1. The van der Waals surface area contributed by atoms with E-state index in [0.29, 0.717) is 11.4 Å². The van der Waals surface area contributed by atoms with Crippen LogP contribution in [0.15, 0.2) is 41.3 Å². The second kappa shape index (κ2) is 10.9. The van der Waals surface area contributed by atoms with Crippen molar-refractivity contribution in [3.63, 3.8) is 0 Å². The van der Waals surface area contributed by atoms with E-state index >= 15 is 0 Å². The van der Waals surface area contributed by atoms with Crippen molar-refractivity contribution in [1.29, 1.82) is 0 Å². The van der Waals surface area contributed by atoms with Crippen molar-refractivity contribution < 1.29 is 23.9 Å². The van der Waals surface area contributed by atoms with Crippen molar-refractivity contribution in [2.45, 2.75) is 25.7 Å². The number of methoxy groups -OCH3 is 1. The van der Waals surface area contributed by atoms with Gasteiger partial charge in [-0.2, -0.15) is 0 Å². The molecule has 0 saturated heterocycles. The Kier molecular flexibility index (Phi) is 7.94. The summed E-state index contributed by atoms with van der Waals surface area (Å²) in [6, 6.07) is 10.2. The Morgan fingerprint density at radius 2 is 1.85 bits per heavy atom. The fourth-order valence-corrected chi connectivity index (χ4v) is 4.14.